The van der Waals surface area contributed by atoms with Gasteiger partial charge in [-0.15, -0.1) is 0 Å². The van der Waals surface area contributed by atoms with Gasteiger partial charge in [-0.05, 0) is 47.2 Å². The van der Waals surface area contributed by atoms with Gasteiger partial charge < -0.3 is 5.73 Å². The van der Waals surface area contributed by atoms with Crippen LogP contribution >= 0.6 is 15.9 Å². The van der Waals surface area contributed by atoms with Crippen molar-refractivity contribution in [2.75, 3.05) is 0 Å². The van der Waals surface area contributed by atoms with Gasteiger partial charge >= 0.3 is 0 Å². The minimum Gasteiger partial charge on any atom is -0.324 e. The van der Waals surface area contributed by atoms with Crippen LogP contribution in [-0.4, -0.2) is 0 Å². The summed E-state index contributed by atoms with van der Waals surface area (Å²) in [6.07, 6.45) is 3.48. The summed E-state index contributed by atoms with van der Waals surface area (Å²) in [5.41, 5.74) is 8.97. The van der Waals surface area contributed by atoms with Crippen molar-refractivity contribution in [3.05, 3.63) is 45.9 Å². The van der Waals surface area contributed by atoms with Gasteiger partial charge in [0, 0.05) is 10.5 Å². The summed E-state index contributed by atoms with van der Waals surface area (Å²) in [4.78, 5) is 0. The van der Waals surface area contributed by atoms with Gasteiger partial charge in [-0.2, -0.15) is 0 Å². The summed E-state index contributed by atoms with van der Waals surface area (Å²) in [5.74, 6) is 0. The lowest BCUT2D eigenvalue weighted by molar-refractivity contribution is 0.573. The summed E-state index contributed by atoms with van der Waals surface area (Å²) in [6, 6.07) is 11.0. The molecule has 3 rings (SSSR count). The van der Waals surface area contributed by atoms with Gasteiger partial charge in [0.05, 0.1) is 0 Å². The number of halogens is 1. The van der Waals surface area contributed by atoms with Crippen LogP contribution in [0, 0.1) is 0 Å². The van der Waals surface area contributed by atoms with Crippen LogP contribution in [-0.2, 0) is 6.42 Å². The fraction of sp³-hybridized carbons (Fsp3) is 0.286. The topological polar surface area (TPSA) is 26.0 Å². The first-order valence-electron chi connectivity index (χ1n) is 5.73. The van der Waals surface area contributed by atoms with E-state index >= 15 is 0 Å². The van der Waals surface area contributed by atoms with Gasteiger partial charge in [-0.25, -0.2) is 0 Å². The highest BCUT2D eigenvalue weighted by Crippen LogP contribution is 2.37. The molecule has 0 saturated heterocycles. The second-order valence-corrected chi connectivity index (χ2v) is 5.32. The van der Waals surface area contributed by atoms with Crippen LogP contribution in [0.4, 0.5) is 0 Å². The summed E-state index contributed by atoms with van der Waals surface area (Å²) in [6.45, 7) is 0. The fourth-order valence-corrected chi connectivity index (χ4v) is 3.27. The summed E-state index contributed by atoms with van der Waals surface area (Å²) in [5, 5.41) is 2.66. The highest BCUT2D eigenvalue weighted by atomic mass is 79.9. The van der Waals surface area contributed by atoms with Gasteiger partial charge in [0.25, 0.3) is 0 Å². The standard InChI is InChI=1S/C14H14BrN/c15-13-8-12-10(6-3-7-14(12)16)9-4-1-2-5-11(9)13/h1-2,4-5,8,14H,3,6-7,16H2. The van der Waals surface area contributed by atoms with E-state index in [2.05, 4.69) is 46.3 Å². The normalized spacial score (nSPS) is 19.8. The Kier molecular flexibility index (Phi) is 2.49. The van der Waals surface area contributed by atoms with Crippen molar-refractivity contribution in [1.82, 2.24) is 0 Å². The fourth-order valence-electron chi connectivity index (χ4n) is 2.68. The van der Waals surface area contributed by atoms with Crippen LogP contribution in [0.2, 0.25) is 0 Å². The molecule has 0 saturated carbocycles. The number of hydrogen-bond donors (Lipinski definition) is 1. The molecule has 2 N–H and O–H groups in total. The number of benzene rings is 2. The third kappa shape index (κ3) is 1.48. The molecule has 1 nitrogen and oxygen atoms in total. The Balaban J connectivity index is 2.38. The lowest BCUT2D eigenvalue weighted by Gasteiger charge is -2.24. The van der Waals surface area contributed by atoms with E-state index in [1.54, 1.807) is 0 Å². The lowest BCUT2D eigenvalue weighted by atomic mass is 9.85. The maximum atomic E-state index is 6.19. The number of aryl methyl sites for hydroxylation is 1. The lowest BCUT2D eigenvalue weighted by Crippen LogP contribution is -2.17. The minimum atomic E-state index is 0.213. The summed E-state index contributed by atoms with van der Waals surface area (Å²) in [7, 11) is 0. The van der Waals surface area contributed by atoms with Crippen molar-refractivity contribution in [2.45, 2.75) is 25.3 Å². The third-order valence-corrected chi connectivity index (χ3v) is 4.14. The molecule has 0 fully saturated rings. The Morgan fingerprint density at radius 3 is 2.75 bits per heavy atom. The average Bonchev–Trinajstić information content (AvgIpc) is 2.31. The molecule has 0 aliphatic heterocycles. The van der Waals surface area contributed by atoms with Crippen molar-refractivity contribution in [3.63, 3.8) is 0 Å². The van der Waals surface area contributed by atoms with E-state index in [4.69, 9.17) is 5.73 Å². The van der Waals surface area contributed by atoms with E-state index < -0.39 is 0 Å². The zero-order valence-electron chi connectivity index (χ0n) is 9.04. The van der Waals surface area contributed by atoms with E-state index in [1.165, 1.54) is 32.8 Å². The highest BCUT2D eigenvalue weighted by molar-refractivity contribution is 9.10. The molecule has 2 heteroatoms. The average molecular weight is 276 g/mol. The second-order valence-electron chi connectivity index (χ2n) is 4.47. The van der Waals surface area contributed by atoms with Gasteiger partial charge in [0.2, 0.25) is 0 Å². The maximum absolute atomic E-state index is 6.19. The van der Waals surface area contributed by atoms with Gasteiger partial charge in [-0.3, -0.25) is 0 Å². The van der Waals surface area contributed by atoms with Crippen molar-refractivity contribution < 1.29 is 0 Å². The molecule has 16 heavy (non-hydrogen) atoms. The zero-order chi connectivity index (χ0) is 11.1. The van der Waals surface area contributed by atoms with E-state index in [1.807, 2.05) is 0 Å². The molecule has 82 valence electrons. The smallest absolute Gasteiger partial charge is 0.0298 e. The van der Waals surface area contributed by atoms with Crippen LogP contribution in [0.3, 0.4) is 0 Å². The van der Waals surface area contributed by atoms with Gasteiger partial charge in [-0.1, -0.05) is 40.2 Å². The molecule has 0 amide bonds. The van der Waals surface area contributed by atoms with Crippen LogP contribution < -0.4 is 5.73 Å². The maximum Gasteiger partial charge on any atom is 0.0298 e. The van der Waals surface area contributed by atoms with E-state index in [0.717, 1.165) is 12.8 Å². The van der Waals surface area contributed by atoms with E-state index in [9.17, 15) is 0 Å². The number of fused-ring (bicyclic) bond motifs is 3. The Morgan fingerprint density at radius 2 is 1.94 bits per heavy atom. The molecule has 0 aromatic heterocycles. The predicted molar refractivity (Wildman–Crippen MR) is 71.5 cm³/mol. The number of hydrogen-bond acceptors (Lipinski definition) is 1. The number of rotatable bonds is 0. The zero-order valence-corrected chi connectivity index (χ0v) is 10.6. The molecule has 0 radical (unpaired) electrons. The molecule has 0 spiro atoms. The molecule has 0 bridgehead atoms. The minimum absolute atomic E-state index is 0.213. The van der Waals surface area contributed by atoms with E-state index in [-0.39, 0.29) is 6.04 Å². The molecule has 2 aromatic rings. The first-order chi connectivity index (χ1) is 7.77. The highest BCUT2D eigenvalue weighted by Gasteiger charge is 2.19. The SMILES string of the molecule is NC1CCCc2c1cc(Br)c1ccccc21. The van der Waals surface area contributed by atoms with Gasteiger partial charge in [0.15, 0.2) is 0 Å². The second kappa shape index (κ2) is 3.86. The van der Waals surface area contributed by atoms with Crippen LogP contribution in [0.15, 0.2) is 34.8 Å². The summed E-state index contributed by atoms with van der Waals surface area (Å²) < 4.78 is 1.17. The molecular weight excluding hydrogens is 262 g/mol. The monoisotopic (exact) mass is 275 g/mol. The Bertz CT molecular complexity index is 548. The van der Waals surface area contributed by atoms with Crippen LogP contribution in [0.25, 0.3) is 10.8 Å². The first-order valence-corrected chi connectivity index (χ1v) is 6.52. The molecule has 1 unspecified atom stereocenters. The predicted octanol–water partition coefficient (Wildman–Crippen LogP) is 3.94. The Labute approximate surface area is 104 Å². The Hall–Kier alpha value is -0.860. The van der Waals surface area contributed by atoms with Crippen LogP contribution in [0.1, 0.15) is 30.0 Å². The van der Waals surface area contributed by atoms with Crippen molar-refractivity contribution in [1.29, 1.82) is 0 Å². The molecule has 0 heterocycles. The largest absolute Gasteiger partial charge is 0.324 e. The molecular formula is C14H14BrN. The Morgan fingerprint density at radius 1 is 1.19 bits per heavy atom. The molecule has 1 aliphatic rings. The quantitative estimate of drug-likeness (QED) is 0.775. The van der Waals surface area contributed by atoms with Crippen molar-refractivity contribution in [3.8, 4) is 0 Å². The molecule has 1 atom stereocenters. The van der Waals surface area contributed by atoms with Crippen molar-refractivity contribution in [2.24, 2.45) is 5.73 Å². The molecule has 2 aromatic carbocycles. The third-order valence-electron chi connectivity index (χ3n) is 3.48. The summed E-state index contributed by atoms with van der Waals surface area (Å²) >= 11 is 3.65. The van der Waals surface area contributed by atoms with Gasteiger partial charge in [0.1, 0.15) is 0 Å². The number of nitrogens with two attached hydrogens (primary N) is 1. The van der Waals surface area contributed by atoms with E-state index in [0.29, 0.717) is 0 Å². The first kappa shape index (κ1) is 10.3. The molecule has 1 aliphatic carbocycles. The van der Waals surface area contributed by atoms with Crippen LogP contribution in [0.5, 0.6) is 0 Å². The van der Waals surface area contributed by atoms with Crippen molar-refractivity contribution >= 4 is 26.7 Å².